The molecule has 0 spiro atoms. The van der Waals surface area contributed by atoms with Gasteiger partial charge in [-0.1, -0.05) is 27.8 Å². The van der Waals surface area contributed by atoms with E-state index in [9.17, 15) is 0 Å². The normalized spacial score (nSPS) is 7.14. The summed E-state index contributed by atoms with van der Waals surface area (Å²) in [4.78, 5) is 0. The van der Waals surface area contributed by atoms with E-state index < -0.39 is 0 Å². The zero-order valence-corrected chi connectivity index (χ0v) is 5.53. The summed E-state index contributed by atoms with van der Waals surface area (Å²) in [6.07, 6.45) is 0.820. The van der Waals surface area contributed by atoms with Gasteiger partial charge in [-0.3, -0.25) is 0 Å². The Kier molecular flexibility index (Phi) is 6.00. The van der Waals surface area contributed by atoms with Crippen LogP contribution >= 0.6 is 15.9 Å². The second-order valence-corrected chi connectivity index (χ2v) is 1.74. The smallest absolute Gasteiger partial charge is 0.104 e. The van der Waals surface area contributed by atoms with E-state index in [2.05, 4.69) is 27.8 Å². The van der Waals surface area contributed by atoms with Crippen molar-refractivity contribution in [2.24, 2.45) is 0 Å². The number of rotatable bonds is 1. The molecule has 0 saturated heterocycles. The van der Waals surface area contributed by atoms with Crippen LogP contribution in [-0.2, 0) is 0 Å². The van der Waals surface area contributed by atoms with Crippen LogP contribution in [0.25, 0.3) is 0 Å². The molecule has 1 nitrogen and oxygen atoms in total. The highest BCUT2D eigenvalue weighted by atomic mass is 79.9. The minimum Gasteiger partial charge on any atom is -0.384 e. The molecule has 0 aromatic carbocycles. The topological polar surface area (TPSA) is 20.2 Å². The van der Waals surface area contributed by atoms with Crippen molar-refractivity contribution in [2.75, 3.05) is 11.9 Å². The highest BCUT2D eigenvalue weighted by molar-refractivity contribution is 9.09. The summed E-state index contributed by atoms with van der Waals surface area (Å²) in [5, 5.41) is 8.99. The van der Waals surface area contributed by atoms with E-state index >= 15 is 0 Å². The summed E-state index contributed by atoms with van der Waals surface area (Å²) < 4.78 is 0. The van der Waals surface area contributed by atoms with Gasteiger partial charge in [-0.05, 0) is 0 Å². The molecule has 2 heteroatoms. The number of aliphatic hydroxyl groups is 1. The maximum absolute atomic E-state index is 8.10. The van der Waals surface area contributed by atoms with Crippen LogP contribution in [-0.4, -0.2) is 17.0 Å². The third-order valence-electron chi connectivity index (χ3n) is 0.424. The lowest BCUT2D eigenvalue weighted by Gasteiger charge is -1.72. The minimum atomic E-state index is -0.0208. The molecular weight excluding hydrogens is 156 g/mol. The molecule has 40 valence electrons. The Morgan fingerprint density at radius 3 is 2.57 bits per heavy atom. The van der Waals surface area contributed by atoms with E-state index in [0.29, 0.717) is 0 Å². The number of aliphatic hydroxyl groups excluding tert-OH is 1. The van der Waals surface area contributed by atoms with Gasteiger partial charge >= 0.3 is 0 Å². The summed E-state index contributed by atoms with van der Waals surface area (Å²) in [5.41, 5.74) is 0. The van der Waals surface area contributed by atoms with Gasteiger partial charge in [-0.2, -0.15) is 0 Å². The molecule has 0 amide bonds. The Balaban J connectivity index is 2.91. The Bertz CT molecular complexity index is 79.8. The third kappa shape index (κ3) is 6.00. The van der Waals surface area contributed by atoms with Crippen molar-refractivity contribution in [1.29, 1.82) is 0 Å². The Morgan fingerprint density at radius 1 is 1.43 bits per heavy atom. The lowest BCUT2D eigenvalue weighted by molar-refractivity contribution is 0.350. The fourth-order valence-corrected chi connectivity index (χ4v) is 0.390. The van der Waals surface area contributed by atoms with Crippen molar-refractivity contribution in [2.45, 2.75) is 6.42 Å². The molecule has 0 aromatic heterocycles. The summed E-state index contributed by atoms with van der Waals surface area (Å²) in [7, 11) is 0. The fraction of sp³-hybridized carbons (Fsp3) is 0.600. The van der Waals surface area contributed by atoms with E-state index in [1.807, 2.05) is 0 Å². The first-order chi connectivity index (χ1) is 3.41. The summed E-state index contributed by atoms with van der Waals surface area (Å²) in [6.45, 7) is -0.0208. The Morgan fingerprint density at radius 2 is 2.14 bits per heavy atom. The fourth-order valence-electron chi connectivity index (χ4n) is 0.192. The molecule has 0 rings (SSSR count). The molecule has 0 bridgehead atoms. The average Bonchev–Trinajstić information content (AvgIpc) is 1.69. The average molecular weight is 163 g/mol. The van der Waals surface area contributed by atoms with Crippen molar-refractivity contribution >= 4 is 15.9 Å². The maximum atomic E-state index is 8.10. The summed E-state index contributed by atoms with van der Waals surface area (Å²) >= 11 is 3.20. The molecule has 0 aromatic rings. The van der Waals surface area contributed by atoms with Crippen LogP contribution in [0.3, 0.4) is 0 Å². The van der Waals surface area contributed by atoms with E-state index in [1.165, 1.54) is 0 Å². The summed E-state index contributed by atoms with van der Waals surface area (Å²) in [5.74, 6) is 5.26. The lowest BCUT2D eigenvalue weighted by Crippen LogP contribution is -1.72. The van der Waals surface area contributed by atoms with Crippen LogP contribution in [0.1, 0.15) is 6.42 Å². The van der Waals surface area contributed by atoms with Gasteiger partial charge in [0.2, 0.25) is 0 Å². The molecular formula is C5H7BrO. The largest absolute Gasteiger partial charge is 0.384 e. The molecule has 0 radical (unpaired) electrons. The van der Waals surface area contributed by atoms with Crippen molar-refractivity contribution in [3.05, 3.63) is 0 Å². The van der Waals surface area contributed by atoms with Crippen LogP contribution in [0.4, 0.5) is 0 Å². The highest BCUT2D eigenvalue weighted by Crippen LogP contribution is 1.82. The standard InChI is InChI=1S/C5H7BrO/c6-4-2-1-3-5-7/h7H,2,4-5H2. The van der Waals surface area contributed by atoms with Gasteiger partial charge in [0.1, 0.15) is 6.61 Å². The van der Waals surface area contributed by atoms with E-state index in [1.54, 1.807) is 0 Å². The van der Waals surface area contributed by atoms with Gasteiger partial charge < -0.3 is 5.11 Å². The first-order valence-corrected chi connectivity index (χ1v) is 3.16. The van der Waals surface area contributed by atoms with Crippen molar-refractivity contribution < 1.29 is 5.11 Å². The molecule has 1 N–H and O–H groups in total. The van der Waals surface area contributed by atoms with Gasteiger partial charge in [0, 0.05) is 11.8 Å². The minimum absolute atomic E-state index is 0.0208. The van der Waals surface area contributed by atoms with E-state index in [-0.39, 0.29) is 6.61 Å². The summed E-state index contributed by atoms with van der Waals surface area (Å²) in [6, 6.07) is 0. The second-order valence-electron chi connectivity index (χ2n) is 0.951. The van der Waals surface area contributed by atoms with Crippen LogP contribution in [0.15, 0.2) is 0 Å². The van der Waals surface area contributed by atoms with Crippen LogP contribution in [0, 0.1) is 11.8 Å². The van der Waals surface area contributed by atoms with Gasteiger partial charge in [-0.25, -0.2) is 0 Å². The van der Waals surface area contributed by atoms with Gasteiger partial charge in [-0.15, -0.1) is 0 Å². The van der Waals surface area contributed by atoms with Crippen molar-refractivity contribution in [3.63, 3.8) is 0 Å². The van der Waals surface area contributed by atoms with Crippen LogP contribution < -0.4 is 0 Å². The van der Waals surface area contributed by atoms with E-state index in [0.717, 1.165) is 11.8 Å². The second kappa shape index (κ2) is 6.00. The quantitative estimate of drug-likeness (QED) is 0.447. The molecule has 0 atom stereocenters. The van der Waals surface area contributed by atoms with Gasteiger partial charge in [0.15, 0.2) is 0 Å². The maximum Gasteiger partial charge on any atom is 0.104 e. The van der Waals surface area contributed by atoms with Gasteiger partial charge in [0.05, 0.1) is 0 Å². The predicted octanol–water partition coefficient (Wildman–Crippen LogP) is 0.767. The molecule has 0 heterocycles. The van der Waals surface area contributed by atoms with Crippen LogP contribution in [0.5, 0.6) is 0 Å². The predicted molar refractivity (Wildman–Crippen MR) is 33.3 cm³/mol. The Hall–Kier alpha value is 0. The van der Waals surface area contributed by atoms with E-state index in [4.69, 9.17) is 5.11 Å². The first-order valence-electron chi connectivity index (χ1n) is 2.04. The van der Waals surface area contributed by atoms with Crippen molar-refractivity contribution in [1.82, 2.24) is 0 Å². The van der Waals surface area contributed by atoms with Gasteiger partial charge in [0.25, 0.3) is 0 Å². The highest BCUT2D eigenvalue weighted by Gasteiger charge is 1.67. The zero-order chi connectivity index (χ0) is 5.54. The molecule has 0 aliphatic heterocycles. The first kappa shape index (κ1) is 7.00. The third-order valence-corrected chi connectivity index (χ3v) is 0.820. The molecule has 0 saturated carbocycles. The van der Waals surface area contributed by atoms with Crippen molar-refractivity contribution in [3.8, 4) is 11.8 Å². The number of halogens is 1. The SMILES string of the molecule is OCC#CCCBr. The molecule has 0 aliphatic rings. The number of hydrogen-bond acceptors (Lipinski definition) is 1. The molecule has 0 aliphatic carbocycles. The molecule has 7 heavy (non-hydrogen) atoms. The monoisotopic (exact) mass is 162 g/mol. The number of alkyl halides is 1. The molecule has 0 fully saturated rings. The number of hydrogen-bond donors (Lipinski definition) is 1. The van der Waals surface area contributed by atoms with Crippen LogP contribution in [0.2, 0.25) is 0 Å². The molecule has 0 unspecified atom stereocenters. The lowest BCUT2D eigenvalue weighted by atomic mass is 10.5. The zero-order valence-electron chi connectivity index (χ0n) is 3.95. The Labute approximate surface area is 51.9 Å².